The first kappa shape index (κ1) is 14.9. The third kappa shape index (κ3) is 2.15. The van der Waals surface area contributed by atoms with Crippen LogP contribution < -0.4 is 4.74 Å². The zero-order chi connectivity index (χ0) is 16.1. The van der Waals surface area contributed by atoms with Crippen molar-refractivity contribution in [3.8, 4) is 11.8 Å². The van der Waals surface area contributed by atoms with Crippen molar-refractivity contribution in [3.63, 3.8) is 0 Å². The Morgan fingerprint density at radius 1 is 1.45 bits per heavy atom. The van der Waals surface area contributed by atoms with E-state index in [4.69, 9.17) is 10.00 Å². The summed E-state index contributed by atoms with van der Waals surface area (Å²) in [7, 11) is 1.78. The van der Waals surface area contributed by atoms with Crippen LogP contribution in [0.4, 0.5) is 0 Å². The Morgan fingerprint density at radius 2 is 2.18 bits per heavy atom. The highest BCUT2D eigenvalue weighted by atomic mass is 16.5. The van der Waals surface area contributed by atoms with Crippen LogP contribution in [0.2, 0.25) is 0 Å². The van der Waals surface area contributed by atoms with Crippen LogP contribution >= 0.6 is 0 Å². The lowest BCUT2D eigenvalue weighted by Crippen LogP contribution is -2.51. The minimum Gasteiger partial charge on any atom is -0.485 e. The normalized spacial score (nSPS) is 29.7. The van der Waals surface area contributed by atoms with Crippen molar-refractivity contribution >= 4 is 5.91 Å². The van der Waals surface area contributed by atoms with Crippen molar-refractivity contribution in [2.75, 3.05) is 13.6 Å². The Morgan fingerprint density at radius 3 is 2.77 bits per heavy atom. The van der Waals surface area contributed by atoms with E-state index in [0.717, 1.165) is 5.56 Å². The van der Waals surface area contributed by atoms with Gasteiger partial charge in [0.2, 0.25) is 5.91 Å². The van der Waals surface area contributed by atoms with E-state index in [1.165, 1.54) is 0 Å². The summed E-state index contributed by atoms with van der Waals surface area (Å²) in [6, 6.07) is 7.31. The molecule has 1 saturated heterocycles. The highest BCUT2D eigenvalue weighted by Crippen LogP contribution is 2.47. The number of nitrogens with zero attached hydrogens (tertiary/aromatic N) is 2. The Bertz CT molecular complexity index is 662. The van der Waals surface area contributed by atoms with Crippen LogP contribution in [-0.4, -0.2) is 41.2 Å². The fourth-order valence-corrected chi connectivity index (χ4v) is 3.54. The molecule has 5 heteroatoms. The number of nitriles is 1. The number of carbonyl (C=O) groups excluding carboxylic acids is 1. The van der Waals surface area contributed by atoms with Crippen LogP contribution in [0.3, 0.4) is 0 Å². The van der Waals surface area contributed by atoms with E-state index in [0.29, 0.717) is 24.3 Å². The Kier molecular flexibility index (Phi) is 3.37. The molecule has 3 unspecified atom stereocenters. The number of amides is 1. The fourth-order valence-electron chi connectivity index (χ4n) is 3.54. The molecule has 2 heterocycles. The Balaban J connectivity index is 2.11. The molecule has 3 rings (SSSR count). The molecule has 2 aliphatic heterocycles. The smallest absolute Gasteiger partial charge is 0.226 e. The largest absolute Gasteiger partial charge is 0.485 e. The highest BCUT2D eigenvalue weighted by molar-refractivity contribution is 5.82. The molecule has 22 heavy (non-hydrogen) atoms. The summed E-state index contributed by atoms with van der Waals surface area (Å²) in [5.74, 6) is 0.0945. The van der Waals surface area contributed by atoms with E-state index in [9.17, 15) is 9.90 Å². The number of carbonyl (C=O) groups is 1. The van der Waals surface area contributed by atoms with Crippen molar-refractivity contribution in [2.24, 2.45) is 5.92 Å². The zero-order valence-corrected chi connectivity index (χ0v) is 13.0. The van der Waals surface area contributed by atoms with Crippen LogP contribution in [0.5, 0.6) is 5.75 Å². The summed E-state index contributed by atoms with van der Waals surface area (Å²) in [5, 5.41) is 19.9. The lowest BCUT2D eigenvalue weighted by molar-refractivity contribution is -0.134. The lowest BCUT2D eigenvalue weighted by atomic mass is 9.73. The summed E-state index contributed by atoms with van der Waals surface area (Å²) >= 11 is 0. The van der Waals surface area contributed by atoms with Gasteiger partial charge in [0.25, 0.3) is 0 Å². The van der Waals surface area contributed by atoms with Crippen molar-refractivity contribution in [1.29, 1.82) is 5.26 Å². The maximum atomic E-state index is 12.4. The molecule has 1 N–H and O–H groups in total. The molecule has 0 aromatic heterocycles. The van der Waals surface area contributed by atoms with Gasteiger partial charge in [-0.3, -0.25) is 4.79 Å². The number of ether oxygens (including phenoxy) is 1. The minimum absolute atomic E-state index is 0.0510. The minimum atomic E-state index is -0.797. The predicted octanol–water partition coefficient (Wildman–Crippen LogP) is 1.65. The average Bonchev–Trinajstić information content (AvgIpc) is 2.80. The molecule has 1 aromatic rings. The summed E-state index contributed by atoms with van der Waals surface area (Å²) in [5.41, 5.74) is 0.505. The number of likely N-dealkylation sites (tertiary alicyclic amines) is 1. The second kappa shape index (κ2) is 4.99. The van der Waals surface area contributed by atoms with Gasteiger partial charge in [0, 0.05) is 31.0 Å². The molecule has 1 fully saturated rings. The molecule has 116 valence electrons. The Labute approximate surface area is 130 Å². The highest BCUT2D eigenvalue weighted by Gasteiger charge is 2.49. The predicted molar refractivity (Wildman–Crippen MR) is 80.4 cm³/mol. The van der Waals surface area contributed by atoms with Gasteiger partial charge in [-0.15, -0.1) is 0 Å². The second-order valence-corrected chi connectivity index (χ2v) is 6.70. The van der Waals surface area contributed by atoms with Crippen molar-refractivity contribution in [1.82, 2.24) is 4.90 Å². The zero-order valence-electron chi connectivity index (χ0n) is 13.0. The molecule has 0 saturated carbocycles. The summed E-state index contributed by atoms with van der Waals surface area (Å²) < 4.78 is 5.90. The van der Waals surface area contributed by atoms with E-state index in [-0.39, 0.29) is 17.7 Å². The number of rotatable bonds is 1. The molecule has 0 bridgehead atoms. The molecule has 0 radical (unpaired) electrons. The monoisotopic (exact) mass is 300 g/mol. The third-order valence-electron chi connectivity index (χ3n) is 4.83. The lowest BCUT2D eigenvalue weighted by Gasteiger charge is -2.43. The average molecular weight is 300 g/mol. The van der Waals surface area contributed by atoms with Crippen LogP contribution in [0.15, 0.2) is 18.2 Å². The third-order valence-corrected chi connectivity index (χ3v) is 4.83. The van der Waals surface area contributed by atoms with Crippen LogP contribution in [0.25, 0.3) is 0 Å². The number of hydrogen-bond acceptors (Lipinski definition) is 4. The van der Waals surface area contributed by atoms with E-state index in [1.54, 1.807) is 30.1 Å². The van der Waals surface area contributed by atoms with Crippen LogP contribution in [0, 0.1) is 17.2 Å². The van der Waals surface area contributed by atoms with Gasteiger partial charge in [-0.05, 0) is 38.5 Å². The van der Waals surface area contributed by atoms with E-state index >= 15 is 0 Å². The number of aliphatic hydroxyl groups is 1. The van der Waals surface area contributed by atoms with Gasteiger partial charge in [-0.1, -0.05) is 0 Å². The summed E-state index contributed by atoms with van der Waals surface area (Å²) in [6.45, 7) is 4.35. The molecular weight excluding hydrogens is 280 g/mol. The second-order valence-electron chi connectivity index (χ2n) is 6.70. The number of hydrogen-bond donors (Lipinski definition) is 1. The van der Waals surface area contributed by atoms with Gasteiger partial charge in [0.1, 0.15) is 17.5 Å². The van der Waals surface area contributed by atoms with Crippen molar-refractivity contribution < 1.29 is 14.6 Å². The van der Waals surface area contributed by atoms with Crippen molar-refractivity contribution in [2.45, 2.75) is 37.9 Å². The molecule has 3 atom stereocenters. The quantitative estimate of drug-likeness (QED) is 0.856. The van der Waals surface area contributed by atoms with E-state index < -0.39 is 11.7 Å². The first-order valence-corrected chi connectivity index (χ1v) is 7.51. The van der Waals surface area contributed by atoms with Crippen LogP contribution in [0.1, 0.15) is 37.3 Å². The number of aliphatic hydroxyl groups excluding tert-OH is 1. The van der Waals surface area contributed by atoms with Gasteiger partial charge in [-0.25, -0.2) is 0 Å². The standard InChI is InChI=1S/C17H20N2O3/c1-17(2)15(20)14(11-6-7-19(3)16(11)21)12-8-10(9-18)4-5-13(12)22-17/h4-5,8,11,14-15,20H,6-7H2,1-3H3. The van der Waals surface area contributed by atoms with Gasteiger partial charge < -0.3 is 14.7 Å². The number of benzene rings is 1. The number of fused-ring (bicyclic) bond motifs is 1. The fraction of sp³-hybridized carbons (Fsp3) is 0.529. The van der Waals surface area contributed by atoms with E-state index in [2.05, 4.69) is 6.07 Å². The van der Waals surface area contributed by atoms with Crippen molar-refractivity contribution in [3.05, 3.63) is 29.3 Å². The molecule has 0 aliphatic carbocycles. The first-order chi connectivity index (χ1) is 10.3. The maximum Gasteiger partial charge on any atom is 0.226 e. The van der Waals surface area contributed by atoms with Crippen LogP contribution in [-0.2, 0) is 4.79 Å². The molecular formula is C17H20N2O3. The molecule has 0 spiro atoms. The molecule has 1 aromatic carbocycles. The Hall–Kier alpha value is -2.06. The van der Waals surface area contributed by atoms with Gasteiger partial charge in [0.05, 0.1) is 11.6 Å². The molecule has 2 aliphatic rings. The van der Waals surface area contributed by atoms with Gasteiger partial charge >= 0.3 is 0 Å². The van der Waals surface area contributed by atoms with E-state index in [1.807, 2.05) is 13.8 Å². The molecule has 1 amide bonds. The summed E-state index contributed by atoms with van der Waals surface area (Å²) in [4.78, 5) is 14.1. The summed E-state index contributed by atoms with van der Waals surface area (Å²) in [6.07, 6.45) is -0.0852. The van der Waals surface area contributed by atoms with Gasteiger partial charge in [-0.2, -0.15) is 5.26 Å². The molecule has 5 nitrogen and oxygen atoms in total. The topological polar surface area (TPSA) is 73.6 Å². The van der Waals surface area contributed by atoms with Gasteiger partial charge in [0.15, 0.2) is 0 Å². The maximum absolute atomic E-state index is 12.4. The first-order valence-electron chi connectivity index (χ1n) is 7.51. The SMILES string of the molecule is CN1CCC(C2c3cc(C#N)ccc3OC(C)(C)C2O)C1=O.